The van der Waals surface area contributed by atoms with E-state index in [9.17, 15) is 33.0 Å². The van der Waals surface area contributed by atoms with Gasteiger partial charge in [0.25, 0.3) is 11.2 Å². The average molecular weight is 544 g/mol. The second-order valence-corrected chi connectivity index (χ2v) is 7.09. The molecule has 0 fully saturated rings. The fourth-order valence-electron chi connectivity index (χ4n) is 2.34. The summed E-state index contributed by atoms with van der Waals surface area (Å²) >= 11 is 0. The van der Waals surface area contributed by atoms with E-state index in [-0.39, 0.29) is 91.8 Å². The molecule has 1 radical (unpaired) electrons. The van der Waals surface area contributed by atoms with Crippen molar-refractivity contribution in [1.82, 2.24) is 9.78 Å². The maximum Gasteiger partial charge on any atom is 3.00 e. The number of hydrogen-bond acceptors (Lipinski definition) is 10. The van der Waals surface area contributed by atoms with Crippen LogP contribution in [0.1, 0.15) is 5.69 Å². The zero-order chi connectivity index (χ0) is 21.3. The van der Waals surface area contributed by atoms with Gasteiger partial charge in [0.15, 0.2) is 0 Å². The van der Waals surface area contributed by atoms with Gasteiger partial charge in [-0.15, -0.1) is 10.8 Å². The fourth-order valence-corrected chi connectivity index (χ4v) is 2.81. The molecule has 5 N–H and O–H groups in total. The molecular weight excluding hydrogens is 529 g/mol. The molecule has 2 aromatic carbocycles. The normalized spacial score (nSPS) is 10.1. The summed E-state index contributed by atoms with van der Waals surface area (Å²) < 4.78 is 33.9. The van der Waals surface area contributed by atoms with Crippen LogP contribution in [0, 0.1) is 17.0 Å². The minimum absolute atomic E-state index is 0. The molecule has 0 atom stereocenters. The van der Waals surface area contributed by atoms with Gasteiger partial charge in [0.1, 0.15) is 15.8 Å². The van der Waals surface area contributed by atoms with Crippen molar-refractivity contribution in [2.24, 2.45) is 10.2 Å². The second-order valence-electron chi connectivity index (χ2n) is 5.71. The molecule has 0 aliphatic heterocycles. The summed E-state index contributed by atoms with van der Waals surface area (Å²) in [6.45, 7) is 1.45. The van der Waals surface area contributed by atoms with Crippen molar-refractivity contribution in [3.63, 3.8) is 0 Å². The van der Waals surface area contributed by atoms with Gasteiger partial charge in [-0.2, -0.15) is 5.11 Å². The molecule has 15 nitrogen and oxygen atoms in total. The summed E-state index contributed by atoms with van der Waals surface area (Å²) in [5.74, 6) is -0.619. The third kappa shape index (κ3) is 7.82. The molecule has 3 aromatic rings. The third-order valence-corrected chi connectivity index (χ3v) is 4.62. The van der Waals surface area contributed by atoms with Gasteiger partial charge >= 0.3 is 46.9 Å². The van der Waals surface area contributed by atoms with Crippen LogP contribution >= 0.6 is 0 Å². The van der Waals surface area contributed by atoms with E-state index >= 15 is 0 Å². The summed E-state index contributed by atoms with van der Waals surface area (Å²) in [5.41, 5.74) is -1.29. The topological polar surface area (TPSA) is 277 Å². The smallest absolute Gasteiger partial charge is 0.871 e. The molecule has 0 unspecified atom stereocenters. The molecule has 0 amide bonds. The molecule has 18 heteroatoms. The van der Waals surface area contributed by atoms with E-state index in [1.54, 1.807) is 0 Å². The summed E-state index contributed by atoms with van der Waals surface area (Å²) in [6, 6.07) is 7.41. The average Bonchev–Trinajstić information content (AvgIpc) is 2.94. The Bertz CT molecular complexity index is 1310. The number of azo groups is 1. The Hall–Kier alpha value is -2.43. The fraction of sp³-hybridized carbons (Fsp3) is 0.0625. The predicted molar refractivity (Wildman–Crippen MR) is 104 cm³/mol. The first-order chi connectivity index (χ1) is 13.6. The minimum Gasteiger partial charge on any atom is -0.871 e. The molecule has 0 aliphatic rings. The van der Waals surface area contributed by atoms with Crippen LogP contribution in [-0.2, 0) is 27.5 Å². The summed E-state index contributed by atoms with van der Waals surface area (Å²) in [7, 11) is -4.64. The zero-order valence-electron chi connectivity index (χ0n) is 17.4. The molecule has 0 aliphatic carbocycles. The van der Waals surface area contributed by atoms with E-state index in [4.69, 9.17) is 0 Å². The Balaban J connectivity index is -0.00000192. The Morgan fingerprint density at radius 3 is 2.12 bits per heavy atom. The van der Waals surface area contributed by atoms with E-state index in [0.29, 0.717) is 0 Å². The number of aryl methyl sites for hydroxylation is 1. The molecule has 34 heavy (non-hydrogen) atoms. The summed E-state index contributed by atoms with van der Waals surface area (Å²) in [4.78, 5) is 22.2. The van der Waals surface area contributed by atoms with E-state index in [1.807, 2.05) is 0 Å². The number of hydrogen-bond donors (Lipinski definition) is 0. The van der Waals surface area contributed by atoms with Crippen molar-refractivity contribution in [1.29, 1.82) is 0 Å². The van der Waals surface area contributed by atoms with Gasteiger partial charge in [-0.3, -0.25) is 14.9 Å². The minimum atomic E-state index is -4.64. The van der Waals surface area contributed by atoms with Crippen molar-refractivity contribution >= 4 is 27.2 Å². The first-order valence-electron chi connectivity index (χ1n) is 7.78. The standard InChI is InChI=1S/C16H13N5O7S.Cr.Na.3H2O/c1-9-15(18-17-13-8-11(21(24)25)4-7-14(13)22)16(23)20(19-9)10-2-5-12(6-3-10)29(26,27)28;;;;;/h2-8H,1H3,(H3,17,18,19,22,23,26,27,28);;;3*1H2/q;+3;+1;;;/p-4. The number of rotatable bonds is 5. The monoisotopic (exact) mass is 544 g/mol. The Kier molecular flexibility index (Phi) is 15.0. The Morgan fingerprint density at radius 2 is 1.62 bits per heavy atom. The molecule has 0 saturated carbocycles. The quantitative estimate of drug-likeness (QED) is 0.101. The largest absolute Gasteiger partial charge is 3.00 e. The SMILES string of the molecule is Cc1[n-]n(-c2ccc(S(=O)(=O)[O-])cc2)c(=O)c1N=Nc1cc([N+](=O)[O-])ccc1[O-].O.O.[Cr+3].[Na+].[OH-]. The van der Waals surface area contributed by atoms with Gasteiger partial charge in [0, 0.05) is 17.8 Å². The van der Waals surface area contributed by atoms with Gasteiger partial charge in [-0.25, -0.2) is 8.42 Å². The molecule has 1 aromatic heterocycles. The van der Waals surface area contributed by atoms with Crippen LogP contribution < -0.4 is 45.3 Å². The van der Waals surface area contributed by atoms with E-state index in [2.05, 4.69) is 15.3 Å². The van der Waals surface area contributed by atoms with E-state index in [1.165, 1.54) is 19.1 Å². The van der Waals surface area contributed by atoms with Crippen molar-refractivity contribution in [3.05, 3.63) is 68.6 Å². The second kappa shape index (κ2) is 14.1. The van der Waals surface area contributed by atoms with Crippen LogP contribution in [0.4, 0.5) is 17.1 Å². The maximum absolute atomic E-state index is 12.5. The molecule has 177 valence electrons. The Morgan fingerprint density at radius 1 is 1.06 bits per heavy atom. The predicted octanol–water partition coefficient (Wildman–Crippen LogP) is -3.42. The van der Waals surface area contributed by atoms with Gasteiger partial charge in [-0.1, -0.05) is 18.7 Å². The summed E-state index contributed by atoms with van der Waals surface area (Å²) in [5, 5.41) is 33.9. The first kappa shape index (κ1) is 36.1. The van der Waals surface area contributed by atoms with Crippen molar-refractivity contribution < 1.29 is 86.3 Å². The van der Waals surface area contributed by atoms with Gasteiger partial charge in [0.2, 0.25) is 0 Å². The molecule has 0 bridgehead atoms. The van der Waals surface area contributed by atoms with Crippen LogP contribution in [-0.4, -0.2) is 39.0 Å². The molecule has 0 spiro atoms. The summed E-state index contributed by atoms with van der Waals surface area (Å²) in [6.07, 6.45) is 0. The van der Waals surface area contributed by atoms with Crippen LogP contribution in [0.2, 0.25) is 0 Å². The van der Waals surface area contributed by atoms with Crippen LogP contribution in [0.25, 0.3) is 5.69 Å². The first-order valence-corrected chi connectivity index (χ1v) is 9.19. The number of benzene rings is 2. The number of nitrogens with zero attached hydrogens (tertiary/aromatic N) is 5. The number of non-ortho nitro benzene ring substituents is 1. The van der Waals surface area contributed by atoms with Crippen LogP contribution in [0.15, 0.2) is 62.4 Å². The van der Waals surface area contributed by atoms with Gasteiger partial charge in [0.05, 0.1) is 15.5 Å². The van der Waals surface area contributed by atoms with E-state index in [0.717, 1.165) is 35.0 Å². The van der Waals surface area contributed by atoms with Crippen molar-refractivity contribution in [2.75, 3.05) is 0 Å². The van der Waals surface area contributed by atoms with Crippen LogP contribution in [0.5, 0.6) is 5.75 Å². The van der Waals surface area contributed by atoms with Crippen LogP contribution in [0.3, 0.4) is 0 Å². The van der Waals surface area contributed by atoms with Crippen molar-refractivity contribution in [2.45, 2.75) is 11.8 Å². The zero-order valence-corrected chi connectivity index (χ0v) is 21.5. The maximum atomic E-state index is 12.5. The molecule has 0 saturated heterocycles. The van der Waals surface area contributed by atoms with Gasteiger partial charge < -0.3 is 35.9 Å². The Labute approximate surface area is 224 Å². The number of nitro groups is 1. The van der Waals surface area contributed by atoms with Gasteiger partial charge in [-0.05, 0) is 24.3 Å². The molecular formula is C16H15CrN5NaO10S. The van der Waals surface area contributed by atoms with Crippen molar-refractivity contribution in [3.8, 4) is 11.4 Å². The molecule has 3 rings (SSSR count). The number of nitro benzene ring substituents is 1. The third-order valence-electron chi connectivity index (χ3n) is 3.77. The van der Waals surface area contributed by atoms with E-state index < -0.39 is 31.2 Å². The molecule has 1 heterocycles. The number of aromatic nitrogens is 2.